The van der Waals surface area contributed by atoms with Crippen molar-refractivity contribution in [1.29, 1.82) is 0 Å². The number of thiazole rings is 1. The average Bonchev–Trinajstić information content (AvgIpc) is 2.96. The number of carboxylic acids is 1. The Morgan fingerprint density at radius 2 is 2.14 bits per heavy atom. The highest BCUT2D eigenvalue weighted by atomic mass is 32.2. The Kier molecular flexibility index (Phi) is 4.17. The number of aryl methyl sites for hydroxylation is 1. The first kappa shape index (κ1) is 15.7. The van der Waals surface area contributed by atoms with E-state index in [0.29, 0.717) is 10.7 Å². The van der Waals surface area contributed by atoms with Gasteiger partial charge in [-0.1, -0.05) is 0 Å². The molecule has 2 aromatic heterocycles. The number of aromatic amines is 1. The lowest BCUT2D eigenvalue weighted by molar-refractivity contribution is 0.0690. The third kappa shape index (κ3) is 2.99. The lowest BCUT2D eigenvalue weighted by Crippen LogP contribution is -2.27. The topological polar surface area (TPSA) is 112 Å². The summed E-state index contributed by atoms with van der Waals surface area (Å²) in [6.07, 6.45) is 1.60. The normalized spacial score (nSPS) is 13.3. The van der Waals surface area contributed by atoms with Crippen LogP contribution in [-0.2, 0) is 10.0 Å². The molecule has 3 N–H and O–H groups in total. The molecule has 21 heavy (non-hydrogen) atoms. The van der Waals surface area contributed by atoms with Crippen molar-refractivity contribution in [3.63, 3.8) is 0 Å². The summed E-state index contributed by atoms with van der Waals surface area (Å²) in [5, 5.41) is 11.4. The van der Waals surface area contributed by atoms with Crippen LogP contribution in [0, 0.1) is 13.8 Å². The van der Waals surface area contributed by atoms with Gasteiger partial charge in [0.05, 0.1) is 6.04 Å². The number of hydrogen-bond donors (Lipinski definition) is 3. The number of carbonyl (C=O) groups is 1. The van der Waals surface area contributed by atoms with Gasteiger partial charge in [0.25, 0.3) is 0 Å². The molecule has 0 aromatic carbocycles. The molecule has 2 aromatic rings. The van der Waals surface area contributed by atoms with Crippen molar-refractivity contribution in [3.05, 3.63) is 33.5 Å². The average molecular weight is 329 g/mol. The fourth-order valence-electron chi connectivity index (χ4n) is 2.14. The first-order valence-corrected chi connectivity index (χ1v) is 8.44. The van der Waals surface area contributed by atoms with Gasteiger partial charge in [-0.25, -0.2) is 22.9 Å². The molecule has 0 aliphatic rings. The van der Waals surface area contributed by atoms with Crippen molar-refractivity contribution in [1.82, 2.24) is 14.7 Å². The van der Waals surface area contributed by atoms with E-state index < -0.39 is 22.0 Å². The van der Waals surface area contributed by atoms with E-state index in [0.717, 1.165) is 0 Å². The van der Waals surface area contributed by atoms with Gasteiger partial charge in [-0.05, 0) is 20.8 Å². The predicted octanol–water partition coefficient (Wildman–Crippen LogP) is 1.83. The molecule has 9 heteroatoms. The molecule has 0 bridgehead atoms. The smallest absolute Gasteiger partial charge is 0.352 e. The Morgan fingerprint density at radius 3 is 2.62 bits per heavy atom. The van der Waals surface area contributed by atoms with Gasteiger partial charge >= 0.3 is 5.97 Å². The van der Waals surface area contributed by atoms with Crippen LogP contribution in [0.15, 0.2) is 16.5 Å². The van der Waals surface area contributed by atoms with Gasteiger partial charge < -0.3 is 10.1 Å². The number of rotatable bonds is 5. The van der Waals surface area contributed by atoms with Gasteiger partial charge in [0.2, 0.25) is 10.0 Å². The number of sulfonamides is 1. The number of aromatic nitrogens is 2. The number of nitrogens with one attached hydrogen (secondary N) is 2. The highest BCUT2D eigenvalue weighted by Crippen LogP contribution is 2.25. The second-order valence-corrected chi connectivity index (χ2v) is 7.17. The van der Waals surface area contributed by atoms with Crippen molar-refractivity contribution < 1.29 is 18.3 Å². The van der Waals surface area contributed by atoms with Crippen LogP contribution in [0.2, 0.25) is 0 Å². The van der Waals surface area contributed by atoms with Crippen LogP contribution in [-0.4, -0.2) is 29.5 Å². The summed E-state index contributed by atoms with van der Waals surface area (Å²) < 4.78 is 27.5. The third-order valence-corrected chi connectivity index (χ3v) is 5.78. The van der Waals surface area contributed by atoms with Crippen LogP contribution in [0.4, 0.5) is 0 Å². The van der Waals surface area contributed by atoms with E-state index in [1.165, 1.54) is 25.2 Å². The Labute approximate surface area is 126 Å². The molecule has 0 radical (unpaired) electrons. The summed E-state index contributed by atoms with van der Waals surface area (Å²) in [6, 6.07) is -0.489. The van der Waals surface area contributed by atoms with Crippen LogP contribution in [0.5, 0.6) is 0 Å². The number of carboxylic acid groups (broad SMARTS) is 1. The Bertz CT molecular complexity index is 763. The fourth-order valence-corrected chi connectivity index (χ4v) is 4.51. The molecule has 0 fully saturated rings. The monoisotopic (exact) mass is 329 g/mol. The van der Waals surface area contributed by atoms with Crippen molar-refractivity contribution in [2.45, 2.75) is 31.7 Å². The number of hydrogen-bond acceptors (Lipinski definition) is 5. The third-order valence-electron chi connectivity index (χ3n) is 3.01. The molecule has 0 aliphatic heterocycles. The van der Waals surface area contributed by atoms with Gasteiger partial charge in [-0.2, -0.15) is 0 Å². The van der Waals surface area contributed by atoms with Crippen molar-refractivity contribution in [2.24, 2.45) is 0 Å². The van der Waals surface area contributed by atoms with Crippen molar-refractivity contribution >= 4 is 27.3 Å². The van der Waals surface area contributed by atoms with E-state index >= 15 is 0 Å². The van der Waals surface area contributed by atoms with Gasteiger partial charge in [0, 0.05) is 22.8 Å². The summed E-state index contributed by atoms with van der Waals surface area (Å²) in [6.45, 7) is 4.68. The van der Waals surface area contributed by atoms with E-state index in [9.17, 15) is 13.2 Å². The highest BCUT2D eigenvalue weighted by molar-refractivity contribution is 7.89. The quantitative estimate of drug-likeness (QED) is 0.774. The molecular formula is C12H15N3O4S2. The molecule has 1 unspecified atom stereocenters. The maximum absolute atomic E-state index is 12.5. The number of H-pyrrole nitrogens is 1. The van der Waals surface area contributed by atoms with E-state index in [2.05, 4.69) is 14.7 Å². The highest BCUT2D eigenvalue weighted by Gasteiger charge is 2.28. The molecule has 0 amide bonds. The summed E-state index contributed by atoms with van der Waals surface area (Å²) >= 11 is 1.35. The predicted molar refractivity (Wildman–Crippen MR) is 78.1 cm³/mol. The minimum absolute atomic E-state index is 0.0247. The van der Waals surface area contributed by atoms with Gasteiger partial charge in [-0.15, -0.1) is 11.3 Å². The minimum Gasteiger partial charge on any atom is -0.477 e. The first-order chi connectivity index (χ1) is 9.74. The Balaban J connectivity index is 2.39. The molecular weight excluding hydrogens is 314 g/mol. The second-order valence-electron chi connectivity index (χ2n) is 4.60. The molecule has 0 saturated carbocycles. The first-order valence-electron chi connectivity index (χ1n) is 6.08. The second kappa shape index (κ2) is 5.58. The lowest BCUT2D eigenvalue weighted by Gasteiger charge is -2.12. The van der Waals surface area contributed by atoms with Gasteiger partial charge in [0.1, 0.15) is 15.6 Å². The van der Waals surface area contributed by atoms with Crippen LogP contribution >= 0.6 is 11.3 Å². The summed E-state index contributed by atoms with van der Waals surface area (Å²) in [4.78, 5) is 17.7. The maximum Gasteiger partial charge on any atom is 0.352 e. The van der Waals surface area contributed by atoms with Crippen LogP contribution in [0.1, 0.15) is 39.7 Å². The molecule has 0 saturated heterocycles. The van der Waals surface area contributed by atoms with Crippen molar-refractivity contribution in [2.75, 3.05) is 0 Å². The largest absolute Gasteiger partial charge is 0.477 e. The molecule has 1 atom stereocenters. The fraction of sp³-hybridized carbons (Fsp3) is 0.333. The molecule has 2 rings (SSSR count). The maximum atomic E-state index is 12.5. The van der Waals surface area contributed by atoms with E-state index in [1.807, 2.05) is 0 Å². The van der Waals surface area contributed by atoms with E-state index in [1.54, 1.807) is 18.5 Å². The SMILES string of the molecule is Cc1[nH]c(C(=O)O)c(C)c1S(=O)(=O)NC(C)c1nccs1. The number of nitrogens with zero attached hydrogens (tertiary/aromatic N) is 1. The van der Waals surface area contributed by atoms with Crippen LogP contribution in [0.25, 0.3) is 0 Å². The molecule has 2 heterocycles. The lowest BCUT2D eigenvalue weighted by atomic mass is 10.2. The molecule has 114 valence electrons. The summed E-state index contributed by atoms with van der Waals surface area (Å²) in [5.74, 6) is -1.19. The van der Waals surface area contributed by atoms with E-state index in [-0.39, 0.29) is 16.2 Å². The standard InChI is InChI=1S/C12H15N3O4S2/c1-6-9(12(16)17)14-7(2)10(6)21(18,19)15-8(3)11-13-4-5-20-11/h4-5,8,14-15H,1-3H3,(H,16,17). The van der Waals surface area contributed by atoms with Gasteiger partial charge in [-0.3, -0.25) is 0 Å². The van der Waals surface area contributed by atoms with Crippen LogP contribution in [0.3, 0.4) is 0 Å². The molecule has 0 aliphatic carbocycles. The van der Waals surface area contributed by atoms with Crippen LogP contribution < -0.4 is 4.72 Å². The molecule has 7 nitrogen and oxygen atoms in total. The van der Waals surface area contributed by atoms with Gasteiger partial charge in [0.15, 0.2) is 0 Å². The van der Waals surface area contributed by atoms with Crippen molar-refractivity contribution in [3.8, 4) is 0 Å². The zero-order valence-corrected chi connectivity index (χ0v) is 13.3. The zero-order chi connectivity index (χ0) is 15.8. The number of aromatic carboxylic acids is 1. The van der Waals surface area contributed by atoms with E-state index in [4.69, 9.17) is 5.11 Å². The minimum atomic E-state index is -3.84. The Hall–Kier alpha value is -1.71. The Morgan fingerprint density at radius 1 is 1.48 bits per heavy atom. The summed E-state index contributed by atoms with van der Waals surface area (Å²) in [7, 11) is -3.84. The summed E-state index contributed by atoms with van der Waals surface area (Å²) in [5.41, 5.74) is 0.373. The molecule has 0 spiro atoms. The zero-order valence-electron chi connectivity index (χ0n) is 11.7.